The van der Waals surface area contributed by atoms with Crippen LogP contribution in [0, 0.1) is 6.92 Å². The summed E-state index contributed by atoms with van der Waals surface area (Å²) in [6.07, 6.45) is 5.35. The Morgan fingerprint density at radius 1 is 1.18 bits per heavy atom. The Labute approximate surface area is 133 Å². The molecule has 0 atom stereocenters. The fourth-order valence-electron chi connectivity index (χ4n) is 3.40. The molecule has 1 saturated carbocycles. The Bertz CT molecular complexity index is 594. The highest BCUT2D eigenvalue weighted by atomic mass is 16.5. The van der Waals surface area contributed by atoms with Gasteiger partial charge in [0.2, 0.25) is 0 Å². The number of aryl methyl sites for hydroxylation is 1. The highest BCUT2D eigenvalue weighted by Gasteiger charge is 2.25. The van der Waals surface area contributed by atoms with Crippen molar-refractivity contribution >= 4 is 0 Å². The van der Waals surface area contributed by atoms with Gasteiger partial charge in [-0.15, -0.1) is 0 Å². The minimum absolute atomic E-state index is 0.538. The molecule has 1 aliphatic rings. The van der Waals surface area contributed by atoms with E-state index in [1.54, 1.807) is 0 Å². The van der Waals surface area contributed by atoms with Crippen LogP contribution in [0.2, 0.25) is 0 Å². The van der Waals surface area contributed by atoms with Crippen LogP contribution in [0.3, 0.4) is 0 Å². The summed E-state index contributed by atoms with van der Waals surface area (Å²) in [7, 11) is 0. The Morgan fingerprint density at radius 3 is 2.50 bits per heavy atom. The maximum atomic E-state index is 5.60. The Kier molecular flexibility index (Phi) is 4.63. The Morgan fingerprint density at radius 2 is 1.86 bits per heavy atom. The molecule has 1 aromatic carbocycles. The van der Waals surface area contributed by atoms with Crippen molar-refractivity contribution in [1.29, 1.82) is 0 Å². The molecule has 1 heterocycles. The van der Waals surface area contributed by atoms with Gasteiger partial charge >= 0.3 is 0 Å². The number of benzene rings is 1. The second kappa shape index (κ2) is 6.66. The standard InChI is InChI=1S/C19H26N2O/c1-14(2)21(17-6-4-5-7-17)13-18-12-19(20-22-18)16-10-8-15(3)9-11-16/h8-12,14,17H,4-7,13H2,1-3H3. The lowest BCUT2D eigenvalue weighted by molar-refractivity contribution is 0.130. The van der Waals surface area contributed by atoms with Crippen LogP contribution in [-0.2, 0) is 6.54 Å². The first kappa shape index (κ1) is 15.3. The summed E-state index contributed by atoms with van der Waals surface area (Å²) < 4.78 is 5.60. The Balaban J connectivity index is 1.73. The average molecular weight is 298 g/mol. The van der Waals surface area contributed by atoms with Gasteiger partial charge in [-0.1, -0.05) is 47.8 Å². The van der Waals surface area contributed by atoms with Crippen LogP contribution in [0.15, 0.2) is 34.9 Å². The second-order valence-corrected chi connectivity index (χ2v) is 6.75. The van der Waals surface area contributed by atoms with E-state index in [0.717, 1.165) is 23.6 Å². The van der Waals surface area contributed by atoms with E-state index >= 15 is 0 Å². The molecule has 1 fully saturated rings. The first-order valence-corrected chi connectivity index (χ1v) is 8.42. The van der Waals surface area contributed by atoms with Gasteiger partial charge in [-0.3, -0.25) is 4.90 Å². The molecule has 0 N–H and O–H groups in total. The monoisotopic (exact) mass is 298 g/mol. The number of hydrogen-bond donors (Lipinski definition) is 0. The predicted octanol–water partition coefficient (Wildman–Crippen LogP) is 4.80. The van der Waals surface area contributed by atoms with Gasteiger partial charge in [-0.25, -0.2) is 0 Å². The zero-order valence-corrected chi connectivity index (χ0v) is 13.9. The smallest absolute Gasteiger partial charge is 0.151 e. The molecule has 0 unspecified atom stereocenters. The fraction of sp³-hybridized carbons (Fsp3) is 0.526. The van der Waals surface area contributed by atoms with Crippen LogP contribution in [0.25, 0.3) is 11.3 Å². The molecule has 0 spiro atoms. The number of hydrogen-bond acceptors (Lipinski definition) is 3. The highest BCUT2D eigenvalue weighted by Crippen LogP contribution is 2.27. The molecule has 1 aromatic heterocycles. The van der Waals surface area contributed by atoms with Gasteiger partial charge in [0.05, 0.1) is 6.54 Å². The lowest BCUT2D eigenvalue weighted by atomic mass is 10.1. The van der Waals surface area contributed by atoms with Gasteiger partial charge in [0, 0.05) is 23.7 Å². The lowest BCUT2D eigenvalue weighted by Gasteiger charge is -2.31. The van der Waals surface area contributed by atoms with E-state index < -0.39 is 0 Å². The van der Waals surface area contributed by atoms with Crippen LogP contribution < -0.4 is 0 Å². The molecular formula is C19H26N2O. The van der Waals surface area contributed by atoms with E-state index in [9.17, 15) is 0 Å². The average Bonchev–Trinajstić information content (AvgIpc) is 3.17. The Hall–Kier alpha value is -1.61. The summed E-state index contributed by atoms with van der Waals surface area (Å²) in [5, 5.41) is 4.25. The van der Waals surface area contributed by atoms with Crippen LogP contribution >= 0.6 is 0 Å². The zero-order valence-electron chi connectivity index (χ0n) is 13.9. The van der Waals surface area contributed by atoms with Crippen LogP contribution in [0.5, 0.6) is 0 Å². The molecule has 118 valence electrons. The van der Waals surface area contributed by atoms with Crippen molar-refractivity contribution < 1.29 is 4.52 Å². The van der Waals surface area contributed by atoms with Crippen LogP contribution in [0.4, 0.5) is 0 Å². The van der Waals surface area contributed by atoms with Crippen molar-refractivity contribution in [3.8, 4) is 11.3 Å². The van der Waals surface area contributed by atoms with Crippen molar-refractivity contribution in [2.24, 2.45) is 0 Å². The number of aromatic nitrogens is 1. The van der Waals surface area contributed by atoms with E-state index in [0.29, 0.717) is 12.1 Å². The van der Waals surface area contributed by atoms with Crippen LogP contribution in [0.1, 0.15) is 50.9 Å². The molecule has 3 rings (SSSR count). The van der Waals surface area contributed by atoms with E-state index in [4.69, 9.17) is 4.52 Å². The summed E-state index contributed by atoms with van der Waals surface area (Å²) in [5.41, 5.74) is 3.32. The molecule has 0 bridgehead atoms. The molecule has 0 aliphatic heterocycles. The molecule has 3 heteroatoms. The van der Waals surface area contributed by atoms with Crippen molar-refractivity contribution in [2.75, 3.05) is 0 Å². The molecular weight excluding hydrogens is 272 g/mol. The topological polar surface area (TPSA) is 29.3 Å². The zero-order chi connectivity index (χ0) is 15.5. The van der Waals surface area contributed by atoms with Gasteiger partial charge in [-0.2, -0.15) is 0 Å². The summed E-state index contributed by atoms with van der Waals surface area (Å²) in [4.78, 5) is 2.56. The summed E-state index contributed by atoms with van der Waals surface area (Å²) in [6, 6.07) is 11.8. The molecule has 0 radical (unpaired) electrons. The number of rotatable bonds is 5. The van der Waals surface area contributed by atoms with Crippen molar-refractivity contribution in [3.63, 3.8) is 0 Å². The largest absolute Gasteiger partial charge is 0.359 e. The molecule has 3 nitrogen and oxygen atoms in total. The quantitative estimate of drug-likeness (QED) is 0.793. The minimum atomic E-state index is 0.538. The molecule has 22 heavy (non-hydrogen) atoms. The van der Waals surface area contributed by atoms with Gasteiger partial charge < -0.3 is 4.52 Å². The van der Waals surface area contributed by atoms with Gasteiger partial charge in [-0.05, 0) is 33.6 Å². The van der Waals surface area contributed by atoms with Crippen molar-refractivity contribution in [1.82, 2.24) is 10.1 Å². The third kappa shape index (κ3) is 3.41. The first-order valence-electron chi connectivity index (χ1n) is 8.42. The summed E-state index contributed by atoms with van der Waals surface area (Å²) >= 11 is 0. The molecule has 1 aliphatic carbocycles. The fourth-order valence-corrected chi connectivity index (χ4v) is 3.40. The van der Waals surface area contributed by atoms with E-state index in [2.05, 4.69) is 61.2 Å². The molecule has 0 saturated heterocycles. The summed E-state index contributed by atoms with van der Waals surface area (Å²) in [5.74, 6) is 0.969. The molecule has 2 aromatic rings. The first-order chi connectivity index (χ1) is 10.6. The van der Waals surface area contributed by atoms with Crippen LogP contribution in [-0.4, -0.2) is 22.1 Å². The summed E-state index contributed by atoms with van der Waals surface area (Å²) in [6.45, 7) is 7.51. The minimum Gasteiger partial charge on any atom is -0.359 e. The molecule has 0 amide bonds. The van der Waals surface area contributed by atoms with E-state index in [1.165, 1.54) is 31.2 Å². The van der Waals surface area contributed by atoms with Gasteiger partial charge in [0.15, 0.2) is 5.76 Å². The van der Waals surface area contributed by atoms with Gasteiger partial charge in [0.1, 0.15) is 5.69 Å². The maximum absolute atomic E-state index is 5.60. The predicted molar refractivity (Wildman–Crippen MR) is 89.6 cm³/mol. The maximum Gasteiger partial charge on any atom is 0.151 e. The second-order valence-electron chi connectivity index (χ2n) is 6.75. The SMILES string of the molecule is Cc1ccc(-c2cc(CN(C(C)C)C3CCCC3)on2)cc1. The number of nitrogens with zero attached hydrogens (tertiary/aromatic N) is 2. The third-order valence-corrected chi connectivity index (χ3v) is 4.70. The normalized spacial score (nSPS) is 16.0. The third-order valence-electron chi connectivity index (χ3n) is 4.70. The van der Waals surface area contributed by atoms with E-state index in [1.807, 2.05) is 0 Å². The van der Waals surface area contributed by atoms with Gasteiger partial charge in [0.25, 0.3) is 0 Å². The lowest BCUT2D eigenvalue weighted by Crippen LogP contribution is -2.38. The van der Waals surface area contributed by atoms with E-state index in [-0.39, 0.29) is 0 Å². The van der Waals surface area contributed by atoms with Crippen molar-refractivity contribution in [3.05, 3.63) is 41.7 Å². The van der Waals surface area contributed by atoms with Crippen molar-refractivity contribution in [2.45, 2.75) is 65.1 Å². The highest BCUT2D eigenvalue weighted by molar-refractivity contribution is 5.59.